The minimum absolute atomic E-state index is 0.154. The van der Waals surface area contributed by atoms with Gasteiger partial charge in [-0.25, -0.2) is 4.39 Å². The quantitative estimate of drug-likeness (QED) is 0.878. The van der Waals surface area contributed by atoms with E-state index in [0.29, 0.717) is 5.02 Å². The van der Waals surface area contributed by atoms with Crippen LogP contribution >= 0.6 is 11.6 Å². The zero-order valence-electron chi connectivity index (χ0n) is 10.7. The average molecular weight is 268 g/mol. The smallest absolute Gasteiger partial charge is 0.127 e. The van der Waals surface area contributed by atoms with Gasteiger partial charge in [0.1, 0.15) is 5.82 Å². The molecule has 2 aliphatic rings. The average Bonchev–Trinajstić information content (AvgIpc) is 2.92. The number of fused-ring (bicyclic) bond motifs is 1. The van der Waals surface area contributed by atoms with Crippen LogP contribution in [0.25, 0.3) is 0 Å². The first-order valence-corrected chi connectivity index (χ1v) is 7.08. The van der Waals surface area contributed by atoms with E-state index in [-0.39, 0.29) is 11.2 Å². The lowest BCUT2D eigenvalue weighted by molar-refractivity contribution is 0.252. The van der Waals surface area contributed by atoms with Gasteiger partial charge in [0.05, 0.1) is 0 Å². The highest BCUT2D eigenvalue weighted by Gasteiger charge is 2.53. The van der Waals surface area contributed by atoms with Crippen LogP contribution in [0.2, 0.25) is 5.02 Å². The fraction of sp³-hybridized carbons (Fsp3) is 0.600. The van der Waals surface area contributed by atoms with Gasteiger partial charge in [-0.05, 0) is 67.7 Å². The minimum atomic E-state index is -0.154. The molecule has 0 radical (unpaired) electrons. The second-order valence-electron chi connectivity index (χ2n) is 6.11. The molecule has 0 bridgehead atoms. The molecule has 98 valence electrons. The van der Waals surface area contributed by atoms with Crippen LogP contribution in [-0.2, 0) is 6.42 Å². The van der Waals surface area contributed by atoms with Gasteiger partial charge < -0.3 is 5.32 Å². The number of halogens is 2. The van der Waals surface area contributed by atoms with Crippen molar-refractivity contribution in [1.82, 2.24) is 5.32 Å². The first-order valence-electron chi connectivity index (χ1n) is 6.70. The summed E-state index contributed by atoms with van der Waals surface area (Å²) in [4.78, 5) is 0. The molecule has 3 heteroatoms. The first kappa shape index (κ1) is 12.4. The van der Waals surface area contributed by atoms with Gasteiger partial charge in [0.15, 0.2) is 0 Å². The summed E-state index contributed by atoms with van der Waals surface area (Å²) in [6, 6.07) is 5.07. The number of hydrogen-bond donors (Lipinski definition) is 1. The second kappa shape index (κ2) is 4.50. The molecule has 1 aromatic rings. The Bertz CT molecular complexity index is 450. The predicted molar refractivity (Wildman–Crippen MR) is 72.3 cm³/mol. The molecule has 1 aromatic carbocycles. The molecule has 3 rings (SSSR count). The van der Waals surface area contributed by atoms with E-state index in [0.717, 1.165) is 30.4 Å². The molecule has 0 heterocycles. The van der Waals surface area contributed by atoms with E-state index in [2.05, 4.69) is 5.32 Å². The fourth-order valence-corrected chi connectivity index (χ4v) is 3.96. The lowest BCUT2D eigenvalue weighted by atomic mass is 9.77. The predicted octanol–water partition coefficient (Wildman–Crippen LogP) is 3.66. The van der Waals surface area contributed by atoms with Crippen molar-refractivity contribution in [3.05, 3.63) is 34.6 Å². The second-order valence-corrected chi connectivity index (χ2v) is 6.54. The maximum atomic E-state index is 13.9. The normalized spacial score (nSPS) is 33.5. The van der Waals surface area contributed by atoms with Crippen LogP contribution in [0.15, 0.2) is 18.2 Å². The topological polar surface area (TPSA) is 12.0 Å². The summed E-state index contributed by atoms with van der Waals surface area (Å²) >= 11 is 5.81. The molecule has 2 unspecified atom stereocenters. The maximum absolute atomic E-state index is 13.9. The Hall–Kier alpha value is -0.600. The van der Waals surface area contributed by atoms with Crippen molar-refractivity contribution in [2.45, 2.75) is 25.7 Å². The Balaban J connectivity index is 1.80. The van der Waals surface area contributed by atoms with Gasteiger partial charge in [-0.3, -0.25) is 0 Å². The van der Waals surface area contributed by atoms with Gasteiger partial charge in [-0.2, -0.15) is 0 Å². The van der Waals surface area contributed by atoms with E-state index in [1.165, 1.54) is 25.3 Å². The number of benzene rings is 1. The minimum Gasteiger partial charge on any atom is -0.319 e. The van der Waals surface area contributed by atoms with Crippen LogP contribution in [0.3, 0.4) is 0 Å². The lowest BCUT2D eigenvalue weighted by Gasteiger charge is -2.31. The van der Waals surface area contributed by atoms with Crippen LogP contribution < -0.4 is 5.32 Å². The van der Waals surface area contributed by atoms with Crippen LogP contribution in [0.4, 0.5) is 4.39 Å². The van der Waals surface area contributed by atoms with Gasteiger partial charge in [0.2, 0.25) is 0 Å². The van der Waals surface area contributed by atoms with E-state index < -0.39 is 0 Å². The zero-order chi connectivity index (χ0) is 12.8. The van der Waals surface area contributed by atoms with Crippen molar-refractivity contribution in [1.29, 1.82) is 0 Å². The van der Waals surface area contributed by atoms with Gasteiger partial charge in [-0.1, -0.05) is 17.7 Å². The van der Waals surface area contributed by atoms with Gasteiger partial charge in [-0.15, -0.1) is 0 Å². The van der Waals surface area contributed by atoms with Crippen molar-refractivity contribution in [2.24, 2.45) is 17.3 Å². The van der Waals surface area contributed by atoms with Crippen molar-refractivity contribution in [3.63, 3.8) is 0 Å². The monoisotopic (exact) mass is 267 g/mol. The highest BCUT2D eigenvalue weighted by atomic mass is 35.5. The fourth-order valence-electron chi connectivity index (χ4n) is 3.80. The van der Waals surface area contributed by atoms with E-state index in [9.17, 15) is 4.39 Å². The number of nitrogens with one attached hydrogen (secondary N) is 1. The van der Waals surface area contributed by atoms with Crippen LogP contribution in [0.1, 0.15) is 24.8 Å². The molecule has 0 aliphatic heterocycles. The summed E-state index contributed by atoms with van der Waals surface area (Å²) in [6.07, 6.45) is 4.74. The maximum Gasteiger partial charge on any atom is 0.127 e. The molecule has 0 spiro atoms. The Labute approximate surface area is 113 Å². The molecule has 2 atom stereocenters. The zero-order valence-corrected chi connectivity index (χ0v) is 11.4. The summed E-state index contributed by atoms with van der Waals surface area (Å²) in [5, 5.41) is 3.77. The third-order valence-electron chi connectivity index (χ3n) is 4.59. The molecular formula is C15H19ClFN. The summed E-state index contributed by atoms with van der Waals surface area (Å²) in [7, 11) is 1.99. The third kappa shape index (κ3) is 2.28. The highest BCUT2D eigenvalue weighted by Crippen LogP contribution is 2.60. The van der Waals surface area contributed by atoms with Crippen LogP contribution in [0, 0.1) is 23.1 Å². The Morgan fingerprint density at radius 1 is 1.39 bits per heavy atom. The van der Waals surface area contributed by atoms with Crippen molar-refractivity contribution < 1.29 is 4.39 Å². The largest absolute Gasteiger partial charge is 0.319 e. The first-order chi connectivity index (χ1) is 8.62. The van der Waals surface area contributed by atoms with Gasteiger partial charge >= 0.3 is 0 Å². The van der Waals surface area contributed by atoms with Gasteiger partial charge in [0.25, 0.3) is 0 Å². The summed E-state index contributed by atoms with van der Waals surface area (Å²) in [5.74, 6) is 1.67. The van der Waals surface area contributed by atoms with E-state index >= 15 is 0 Å². The molecule has 1 nitrogen and oxygen atoms in total. The summed E-state index contributed by atoms with van der Waals surface area (Å²) in [5.41, 5.74) is 1.08. The molecule has 2 fully saturated rings. The number of rotatable bonds is 4. The lowest BCUT2D eigenvalue weighted by Crippen LogP contribution is -2.33. The Morgan fingerprint density at radius 2 is 2.11 bits per heavy atom. The summed E-state index contributed by atoms with van der Waals surface area (Å²) < 4.78 is 13.9. The molecule has 0 saturated heterocycles. The van der Waals surface area contributed by atoms with Gasteiger partial charge in [0, 0.05) is 11.6 Å². The van der Waals surface area contributed by atoms with Crippen molar-refractivity contribution >= 4 is 11.6 Å². The number of hydrogen-bond acceptors (Lipinski definition) is 1. The van der Waals surface area contributed by atoms with Crippen LogP contribution in [0.5, 0.6) is 0 Å². The molecule has 18 heavy (non-hydrogen) atoms. The highest BCUT2D eigenvalue weighted by molar-refractivity contribution is 6.30. The molecule has 0 aromatic heterocycles. The molecule has 0 amide bonds. The van der Waals surface area contributed by atoms with Crippen molar-refractivity contribution in [3.8, 4) is 0 Å². The molecular weight excluding hydrogens is 249 g/mol. The van der Waals surface area contributed by atoms with E-state index in [1.807, 2.05) is 13.1 Å². The third-order valence-corrected chi connectivity index (χ3v) is 4.83. The standard InChI is InChI=1S/C15H19ClFN/c1-18-9-15(7-11-4-12(11)8-15)6-10-2-3-13(16)5-14(10)17/h2-3,5,11-12,18H,4,6-9H2,1H3. The van der Waals surface area contributed by atoms with Crippen molar-refractivity contribution in [2.75, 3.05) is 13.6 Å². The molecule has 2 aliphatic carbocycles. The Morgan fingerprint density at radius 3 is 2.72 bits per heavy atom. The van der Waals surface area contributed by atoms with E-state index in [1.54, 1.807) is 6.07 Å². The van der Waals surface area contributed by atoms with E-state index in [4.69, 9.17) is 11.6 Å². The molecule has 1 N–H and O–H groups in total. The summed E-state index contributed by atoms with van der Waals surface area (Å²) in [6.45, 7) is 0.988. The molecule has 2 saturated carbocycles. The Kier molecular flexibility index (Phi) is 3.11. The van der Waals surface area contributed by atoms with Crippen LogP contribution in [-0.4, -0.2) is 13.6 Å². The SMILES string of the molecule is CNCC1(Cc2ccc(Cl)cc2F)CC2CC2C1.